The monoisotopic (exact) mass is 115 g/mol. The molecule has 1 rings (SSSR count). The van der Waals surface area contributed by atoms with Gasteiger partial charge in [0, 0.05) is 12.7 Å². The van der Waals surface area contributed by atoms with Crippen LogP contribution < -0.4 is 5.32 Å². The zero-order chi connectivity index (χ0) is 5.11. The number of rotatable bonds is 0. The van der Waals surface area contributed by atoms with Crippen LogP contribution in [0, 0.1) is 6.08 Å². The summed E-state index contributed by atoms with van der Waals surface area (Å²) in [6.07, 6.45) is 4.36. The molecule has 1 radical (unpaired) electrons. The molecule has 1 aliphatic heterocycles. The van der Waals surface area contributed by atoms with Crippen molar-refractivity contribution in [1.82, 2.24) is 5.32 Å². The largest absolute Gasteiger partial charge is 0.356 e. The van der Waals surface area contributed by atoms with Gasteiger partial charge in [0.2, 0.25) is 0 Å². The Morgan fingerprint density at radius 2 is 2.86 bits per heavy atom. The Kier molecular flexibility index (Phi) is 1.32. The van der Waals surface area contributed by atoms with Crippen molar-refractivity contribution in [2.75, 3.05) is 6.54 Å². The molecule has 0 aromatic carbocycles. The van der Waals surface area contributed by atoms with E-state index in [4.69, 9.17) is 11.6 Å². The molecule has 1 heterocycles. The van der Waals surface area contributed by atoms with Crippen molar-refractivity contribution in [2.45, 2.75) is 0 Å². The van der Waals surface area contributed by atoms with Gasteiger partial charge in [-0.05, 0) is 17.7 Å². The third-order valence-corrected chi connectivity index (χ3v) is 0.837. The summed E-state index contributed by atoms with van der Waals surface area (Å²) in [5.41, 5.74) is 0. The lowest BCUT2D eigenvalue weighted by atomic mass is 10.6. The molecule has 0 aliphatic carbocycles. The van der Waals surface area contributed by atoms with Crippen LogP contribution in [0.1, 0.15) is 0 Å². The number of nitrogens with zero attached hydrogens (tertiary/aromatic N) is 1. The summed E-state index contributed by atoms with van der Waals surface area (Å²) in [6, 6.07) is 0. The summed E-state index contributed by atoms with van der Waals surface area (Å²) in [4.78, 5) is 3.66. The van der Waals surface area contributed by atoms with Crippen molar-refractivity contribution >= 4 is 16.9 Å². The zero-order valence-corrected chi connectivity index (χ0v) is 4.37. The first kappa shape index (κ1) is 4.65. The molecule has 0 saturated carbocycles. The van der Waals surface area contributed by atoms with Crippen LogP contribution in [0.25, 0.3) is 0 Å². The fourth-order valence-electron chi connectivity index (χ4n) is 0.318. The van der Waals surface area contributed by atoms with Gasteiger partial charge in [-0.15, -0.1) is 0 Å². The third-order valence-electron chi connectivity index (χ3n) is 0.606. The number of hydrogen-bond donors (Lipinski definition) is 1. The van der Waals surface area contributed by atoms with E-state index in [1.165, 1.54) is 0 Å². The minimum Gasteiger partial charge on any atom is -0.356 e. The number of amidine groups is 1. The highest BCUT2D eigenvalue weighted by molar-refractivity contribution is 6.64. The fourth-order valence-corrected chi connectivity index (χ4v) is 0.433. The van der Waals surface area contributed by atoms with E-state index in [9.17, 15) is 0 Å². The molecule has 0 aromatic heterocycles. The van der Waals surface area contributed by atoms with Gasteiger partial charge >= 0.3 is 0 Å². The molecule has 37 valence electrons. The molecule has 1 N–H and O–H groups in total. The lowest BCUT2D eigenvalue weighted by Gasteiger charge is -1.99. The second-order valence-electron chi connectivity index (χ2n) is 1.11. The Morgan fingerprint density at radius 1 is 2.00 bits per heavy atom. The molecule has 0 atom stereocenters. The predicted molar refractivity (Wildman–Crippen MR) is 29.1 cm³/mol. The fraction of sp³-hybridized carbons (Fsp3) is 0.250. The summed E-state index contributed by atoms with van der Waals surface area (Å²) in [5, 5.41) is 3.20. The van der Waals surface area contributed by atoms with Crippen LogP contribution in [0.5, 0.6) is 0 Å². The maximum atomic E-state index is 5.38. The molecule has 0 aromatic rings. The van der Waals surface area contributed by atoms with E-state index in [2.05, 4.69) is 16.4 Å². The van der Waals surface area contributed by atoms with Crippen LogP contribution in [0.2, 0.25) is 0 Å². The maximum absolute atomic E-state index is 5.38. The van der Waals surface area contributed by atoms with Gasteiger partial charge in [-0.2, -0.15) is 0 Å². The molecule has 0 fully saturated rings. The predicted octanol–water partition coefficient (Wildman–Crippen LogP) is 0.501. The molecule has 3 heteroatoms. The van der Waals surface area contributed by atoms with Gasteiger partial charge < -0.3 is 5.32 Å². The molecule has 0 unspecified atom stereocenters. The molecule has 0 amide bonds. The van der Waals surface area contributed by atoms with E-state index in [1.807, 2.05) is 0 Å². The molecular weight excluding hydrogens is 112 g/mol. The summed E-state index contributed by atoms with van der Waals surface area (Å²) < 4.78 is 0. The normalized spacial score (nSPS) is 18.1. The summed E-state index contributed by atoms with van der Waals surface area (Å²) in [5.74, 6) is 0. The van der Waals surface area contributed by atoms with E-state index < -0.39 is 0 Å². The molecule has 0 bridgehead atoms. The summed E-state index contributed by atoms with van der Waals surface area (Å²) in [7, 11) is 0. The molecule has 0 saturated heterocycles. The minimum absolute atomic E-state index is 0.443. The van der Waals surface area contributed by atoms with Crippen LogP contribution in [0.15, 0.2) is 11.2 Å². The topological polar surface area (TPSA) is 24.4 Å². The highest BCUT2D eigenvalue weighted by Crippen LogP contribution is 1.86. The number of halogens is 1. The van der Waals surface area contributed by atoms with E-state index >= 15 is 0 Å². The van der Waals surface area contributed by atoms with Crippen LogP contribution >= 0.6 is 11.6 Å². The average molecular weight is 116 g/mol. The first-order chi connectivity index (χ1) is 3.39. The minimum atomic E-state index is 0.443. The van der Waals surface area contributed by atoms with Crippen molar-refractivity contribution in [3.8, 4) is 0 Å². The molecule has 7 heavy (non-hydrogen) atoms. The zero-order valence-electron chi connectivity index (χ0n) is 3.61. The van der Waals surface area contributed by atoms with E-state index in [0.29, 0.717) is 11.8 Å². The maximum Gasteiger partial charge on any atom is 0.196 e. The van der Waals surface area contributed by atoms with Crippen molar-refractivity contribution in [3.63, 3.8) is 0 Å². The number of hydrogen-bond acceptors (Lipinski definition) is 2. The van der Waals surface area contributed by atoms with Crippen molar-refractivity contribution in [1.29, 1.82) is 0 Å². The van der Waals surface area contributed by atoms with Gasteiger partial charge in [0.25, 0.3) is 0 Å². The van der Waals surface area contributed by atoms with Crippen LogP contribution in [-0.4, -0.2) is 11.8 Å². The van der Waals surface area contributed by atoms with E-state index in [-0.39, 0.29) is 0 Å². The van der Waals surface area contributed by atoms with Gasteiger partial charge in [0.1, 0.15) is 0 Å². The standard InChI is InChI=1S/C4H4ClN2/c5-4-6-2-1-3-7-4/h2H,3H2,(H,6,7). The second kappa shape index (κ2) is 1.98. The Hall–Kier alpha value is -0.500. The van der Waals surface area contributed by atoms with Gasteiger partial charge in [0.05, 0.1) is 0 Å². The second-order valence-corrected chi connectivity index (χ2v) is 1.46. The first-order valence-electron chi connectivity index (χ1n) is 1.92. The van der Waals surface area contributed by atoms with Crippen LogP contribution in [0.4, 0.5) is 0 Å². The number of nitrogens with one attached hydrogen (secondary N) is 1. The molecule has 1 aliphatic rings. The first-order valence-corrected chi connectivity index (χ1v) is 2.29. The lowest BCUT2D eigenvalue weighted by molar-refractivity contribution is 1.01. The Balaban J connectivity index is 2.57. The summed E-state index contributed by atoms with van der Waals surface area (Å²) >= 11 is 5.38. The Morgan fingerprint density at radius 3 is 3.14 bits per heavy atom. The van der Waals surface area contributed by atoms with Gasteiger partial charge in [-0.3, -0.25) is 0 Å². The Bertz CT molecular complexity index is 117. The van der Waals surface area contributed by atoms with Gasteiger partial charge in [0.15, 0.2) is 5.29 Å². The van der Waals surface area contributed by atoms with E-state index in [1.54, 1.807) is 6.20 Å². The van der Waals surface area contributed by atoms with Crippen LogP contribution in [-0.2, 0) is 0 Å². The highest BCUT2D eigenvalue weighted by atomic mass is 35.5. The molecule has 0 spiro atoms. The quantitative estimate of drug-likeness (QED) is 0.457. The van der Waals surface area contributed by atoms with Crippen molar-refractivity contribution in [3.05, 3.63) is 12.3 Å². The van der Waals surface area contributed by atoms with E-state index in [0.717, 1.165) is 0 Å². The molecule has 2 nitrogen and oxygen atoms in total. The van der Waals surface area contributed by atoms with Crippen LogP contribution in [0.3, 0.4) is 0 Å². The van der Waals surface area contributed by atoms with Gasteiger partial charge in [-0.25, -0.2) is 4.99 Å². The smallest absolute Gasteiger partial charge is 0.196 e. The average Bonchev–Trinajstić information content (AvgIpc) is 1.69. The molecular formula is C4H4ClN2. The highest BCUT2D eigenvalue weighted by Gasteiger charge is 1.90. The SMILES string of the molecule is ClC1=NC=[C]CN1. The van der Waals surface area contributed by atoms with Gasteiger partial charge in [-0.1, -0.05) is 0 Å². The summed E-state index contributed by atoms with van der Waals surface area (Å²) in [6.45, 7) is 0.669. The Labute approximate surface area is 46.9 Å². The number of aliphatic imine (C=N–C) groups is 1. The third kappa shape index (κ3) is 1.20. The van der Waals surface area contributed by atoms with Crippen molar-refractivity contribution in [2.24, 2.45) is 4.99 Å². The van der Waals surface area contributed by atoms with Crippen molar-refractivity contribution < 1.29 is 0 Å². The lowest BCUT2D eigenvalue weighted by Crippen LogP contribution is -2.20.